The topological polar surface area (TPSA) is 36.7 Å². The van der Waals surface area contributed by atoms with Gasteiger partial charge in [0.2, 0.25) is 5.78 Å². The number of carbonyl (C=O) groups excluding carboxylic acids is 1. The first-order chi connectivity index (χ1) is 10.2. The molecule has 1 fully saturated rings. The van der Waals surface area contributed by atoms with E-state index in [4.69, 9.17) is 4.42 Å². The number of para-hydroxylation sites is 1. The molecule has 1 saturated heterocycles. The third-order valence-electron chi connectivity index (χ3n) is 4.40. The van der Waals surface area contributed by atoms with Crippen LogP contribution in [0.25, 0.3) is 11.0 Å². The third-order valence-corrected chi connectivity index (χ3v) is 4.40. The van der Waals surface area contributed by atoms with Crippen molar-refractivity contribution in [2.75, 3.05) is 33.2 Å². The Morgan fingerprint density at radius 1 is 1.33 bits per heavy atom. The first-order valence-electron chi connectivity index (χ1n) is 7.61. The number of hydrogen-bond donors (Lipinski definition) is 0. The second-order valence-electron chi connectivity index (χ2n) is 5.85. The van der Waals surface area contributed by atoms with Crippen molar-refractivity contribution >= 4 is 16.8 Å². The number of rotatable bonds is 4. The number of nitrogens with zero attached hydrogens (tertiary/aromatic N) is 2. The van der Waals surface area contributed by atoms with Crippen LogP contribution in [0.4, 0.5) is 0 Å². The van der Waals surface area contributed by atoms with Gasteiger partial charge in [-0.15, -0.1) is 0 Å². The first-order valence-corrected chi connectivity index (χ1v) is 7.61. The molecule has 2 aromatic rings. The molecule has 0 amide bonds. The van der Waals surface area contributed by atoms with Gasteiger partial charge in [0.05, 0.1) is 6.54 Å². The van der Waals surface area contributed by atoms with E-state index in [1.54, 1.807) is 0 Å². The van der Waals surface area contributed by atoms with Crippen LogP contribution in [0.15, 0.2) is 34.7 Å². The maximum absolute atomic E-state index is 12.4. The van der Waals surface area contributed by atoms with E-state index in [1.807, 2.05) is 30.3 Å². The third kappa shape index (κ3) is 3.01. The van der Waals surface area contributed by atoms with Crippen molar-refractivity contribution in [2.45, 2.75) is 19.4 Å². The molecule has 0 N–H and O–H groups in total. The quantitative estimate of drug-likeness (QED) is 0.810. The summed E-state index contributed by atoms with van der Waals surface area (Å²) in [5.74, 6) is 0.550. The number of benzene rings is 1. The Labute approximate surface area is 125 Å². The fourth-order valence-electron chi connectivity index (χ4n) is 3.00. The zero-order chi connectivity index (χ0) is 14.8. The lowest BCUT2D eigenvalue weighted by molar-refractivity contribution is 0.0725. The number of furan rings is 1. The molecule has 1 aliphatic heterocycles. The van der Waals surface area contributed by atoms with E-state index >= 15 is 0 Å². The number of piperazine rings is 1. The zero-order valence-electron chi connectivity index (χ0n) is 12.7. The van der Waals surface area contributed by atoms with E-state index in [1.165, 1.54) is 0 Å². The predicted octanol–water partition coefficient (Wildman–Crippen LogP) is 2.64. The average Bonchev–Trinajstić information content (AvgIpc) is 2.93. The lowest BCUT2D eigenvalue weighted by Crippen LogP contribution is -2.52. The van der Waals surface area contributed by atoms with Crippen LogP contribution in [-0.2, 0) is 0 Å². The molecule has 0 bridgehead atoms. The van der Waals surface area contributed by atoms with Gasteiger partial charge in [0.1, 0.15) is 5.58 Å². The molecule has 0 saturated carbocycles. The molecule has 4 heteroatoms. The van der Waals surface area contributed by atoms with Crippen molar-refractivity contribution in [1.29, 1.82) is 0 Å². The van der Waals surface area contributed by atoms with Crippen LogP contribution in [-0.4, -0.2) is 54.9 Å². The number of hydrogen-bond acceptors (Lipinski definition) is 4. The van der Waals surface area contributed by atoms with Crippen molar-refractivity contribution in [3.8, 4) is 0 Å². The van der Waals surface area contributed by atoms with E-state index in [-0.39, 0.29) is 5.78 Å². The number of ketones is 1. The Kier molecular flexibility index (Phi) is 4.08. The molecule has 1 aromatic carbocycles. The molecular formula is C17H22N2O2. The minimum absolute atomic E-state index is 0.0746. The van der Waals surface area contributed by atoms with E-state index in [2.05, 4.69) is 23.8 Å². The molecule has 0 aliphatic carbocycles. The molecule has 1 atom stereocenters. The zero-order valence-corrected chi connectivity index (χ0v) is 12.7. The summed E-state index contributed by atoms with van der Waals surface area (Å²) in [7, 11) is 2.16. The second-order valence-corrected chi connectivity index (χ2v) is 5.85. The van der Waals surface area contributed by atoms with Crippen molar-refractivity contribution in [1.82, 2.24) is 9.80 Å². The highest BCUT2D eigenvalue weighted by Crippen LogP contribution is 2.20. The van der Waals surface area contributed by atoms with Gasteiger partial charge in [-0.3, -0.25) is 9.69 Å². The number of fused-ring (bicyclic) bond motifs is 1. The molecule has 4 nitrogen and oxygen atoms in total. The van der Waals surface area contributed by atoms with Crippen molar-refractivity contribution in [3.05, 3.63) is 36.1 Å². The molecule has 112 valence electrons. The fraction of sp³-hybridized carbons (Fsp3) is 0.471. The molecule has 21 heavy (non-hydrogen) atoms. The lowest BCUT2D eigenvalue weighted by Gasteiger charge is -2.38. The van der Waals surface area contributed by atoms with Crippen LogP contribution in [0, 0.1) is 0 Å². The Hall–Kier alpha value is -1.65. The first kappa shape index (κ1) is 14.3. The molecule has 1 aromatic heterocycles. The van der Waals surface area contributed by atoms with Gasteiger partial charge < -0.3 is 9.32 Å². The summed E-state index contributed by atoms with van der Waals surface area (Å²) < 4.78 is 5.66. The van der Waals surface area contributed by atoms with E-state index in [9.17, 15) is 4.79 Å². The summed E-state index contributed by atoms with van der Waals surface area (Å²) in [5.41, 5.74) is 0.783. The minimum atomic E-state index is 0.0746. The molecule has 1 unspecified atom stereocenters. The SMILES string of the molecule is CCC1CN(CC(=O)c2cc3ccccc3o2)CCN1C. The molecule has 2 heterocycles. The van der Waals surface area contributed by atoms with Gasteiger partial charge in [0.25, 0.3) is 0 Å². The molecule has 1 aliphatic rings. The maximum atomic E-state index is 12.4. The normalized spacial score (nSPS) is 21.0. The molecule has 3 rings (SSSR count). The highest BCUT2D eigenvalue weighted by Gasteiger charge is 2.25. The Morgan fingerprint density at radius 2 is 2.14 bits per heavy atom. The molecule has 0 radical (unpaired) electrons. The number of carbonyl (C=O) groups is 1. The Bertz CT molecular complexity index is 602. The number of likely N-dealkylation sites (N-methyl/N-ethyl adjacent to an activating group) is 1. The molecular weight excluding hydrogens is 264 g/mol. The highest BCUT2D eigenvalue weighted by molar-refractivity contribution is 5.98. The summed E-state index contributed by atoms with van der Waals surface area (Å²) >= 11 is 0. The number of Topliss-reactive ketones (excluding diaryl/α,β-unsaturated/α-hetero) is 1. The van der Waals surface area contributed by atoms with Crippen LogP contribution < -0.4 is 0 Å². The van der Waals surface area contributed by atoms with E-state index < -0.39 is 0 Å². The van der Waals surface area contributed by atoms with Crippen LogP contribution in [0.1, 0.15) is 23.9 Å². The van der Waals surface area contributed by atoms with Gasteiger partial charge in [0, 0.05) is 31.1 Å². The van der Waals surface area contributed by atoms with Gasteiger partial charge >= 0.3 is 0 Å². The average molecular weight is 286 g/mol. The van der Waals surface area contributed by atoms with Crippen LogP contribution in [0.5, 0.6) is 0 Å². The van der Waals surface area contributed by atoms with Crippen molar-refractivity contribution in [3.63, 3.8) is 0 Å². The van der Waals surface area contributed by atoms with Gasteiger partial charge in [-0.05, 0) is 25.6 Å². The maximum Gasteiger partial charge on any atom is 0.211 e. The smallest absolute Gasteiger partial charge is 0.211 e. The van der Waals surface area contributed by atoms with E-state index in [0.29, 0.717) is 18.3 Å². The van der Waals surface area contributed by atoms with Crippen LogP contribution in [0.3, 0.4) is 0 Å². The summed E-state index contributed by atoms with van der Waals surface area (Å²) in [4.78, 5) is 17.0. The highest BCUT2D eigenvalue weighted by atomic mass is 16.3. The molecule has 0 spiro atoms. The predicted molar refractivity (Wildman–Crippen MR) is 83.7 cm³/mol. The lowest BCUT2D eigenvalue weighted by atomic mass is 10.1. The standard InChI is InChI=1S/C17H22N2O2/c1-3-14-11-19(9-8-18(14)2)12-15(20)17-10-13-6-4-5-7-16(13)21-17/h4-7,10,14H,3,8-9,11-12H2,1-2H3. The van der Waals surface area contributed by atoms with Gasteiger partial charge in [-0.25, -0.2) is 0 Å². The second kappa shape index (κ2) is 6.00. The largest absolute Gasteiger partial charge is 0.453 e. The van der Waals surface area contributed by atoms with Crippen LogP contribution >= 0.6 is 0 Å². The van der Waals surface area contributed by atoms with Crippen LogP contribution in [0.2, 0.25) is 0 Å². The van der Waals surface area contributed by atoms with Crippen molar-refractivity contribution < 1.29 is 9.21 Å². The van der Waals surface area contributed by atoms with E-state index in [0.717, 1.165) is 37.0 Å². The van der Waals surface area contributed by atoms with Gasteiger partial charge in [-0.2, -0.15) is 0 Å². The Balaban J connectivity index is 1.68. The summed E-state index contributed by atoms with van der Waals surface area (Å²) in [6.07, 6.45) is 1.12. The fourth-order valence-corrected chi connectivity index (χ4v) is 3.00. The summed E-state index contributed by atoms with van der Waals surface area (Å²) in [5, 5.41) is 0.991. The van der Waals surface area contributed by atoms with Gasteiger partial charge in [-0.1, -0.05) is 25.1 Å². The Morgan fingerprint density at radius 3 is 2.90 bits per heavy atom. The minimum Gasteiger partial charge on any atom is -0.453 e. The van der Waals surface area contributed by atoms with Crippen molar-refractivity contribution in [2.24, 2.45) is 0 Å². The monoisotopic (exact) mass is 286 g/mol. The van der Waals surface area contributed by atoms with Gasteiger partial charge in [0.15, 0.2) is 5.76 Å². The summed E-state index contributed by atoms with van der Waals surface area (Å²) in [6.45, 7) is 5.57. The summed E-state index contributed by atoms with van der Waals surface area (Å²) in [6, 6.07) is 10.1.